The minimum atomic E-state index is -3.29. The molecule has 2 heterocycles. The molecule has 0 unspecified atom stereocenters. The number of aryl methyl sites for hydroxylation is 1. The Kier molecular flexibility index (Phi) is 5.98. The molecule has 1 fully saturated rings. The van der Waals surface area contributed by atoms with Gasteiger partial charge in [-0.25, -0.2) is 8.42 Å². The Hall–Kier alpha value is -2.48. The van der Waals surface area contributed by atoms with Crippen molar-refractivity contribution < 1.29 is 13.2 Å². The van der Waals surface area contributed by atoms with Gasteiger partial charge in [0, 0.05) is 26.2 Å². The standard InChI is InChI=1S/C20H26N4O3S/c1-15(2)28(26,27)18-7-5-17(6-8-18)14-20(25)24-12-10-23(11-13-24)19-9-4-16(3)21-22-19/h4-9,15H,10-14H2,1-3H3. The van der Waals surface area contributed by atoms with Gasteiger partial charge in [-0.15, -0.1) is 5.10 Å². The van der Waals surface area contributed by atoms with Crippen molar-refractivity contribution >= 4 is 21.6 Å². The second kappa shape index (κ2) is 8.26. The van der Waals surface area contributed by atoms with E-state index in [2.05, 4.69) is 15.1 Å². The van der Waals surface area contributed by atoms with Crippen molar-refractivity contribution in [1.29, 1.82) is 0 Å². The molecule has 1 aromatic carbocycles. The molecular weight excluding hydrogens is 376 g/mol. The first-order valence-electron chi connectivity index (χ1n) is 9.43. The molecule has 7 nitrogen and oxygen atoms in total. The van der Waals surface area contributed by atoms with Crippen LogP contribution >= 0.6 is 0 Å². The molecule has 1 aliphatic heterocycles. The third-order valence-corrected chi connectivity index (χ3v) is 7.14. The molecule has 3 rings (SSSR count). The normalized spacial score (nSPS) is 15.1. The fourth-order valence-electron chi connectivity index (χ4n) is 3.10. The number of amides is 1. The van der Waals surface area contributed by atoms with Crippen molar-refractivity contribution in [2.24, 2.45) is 0 Å². The number of carbonyl (C=O) groups excluding carboxylic acids is 1. The van der Waals surface area contributed by atoms with Crippen LogP contribution in [0, 0.1) is 6.92 Å². The van der Waals surface area contributed by atoms with Crippen molar-refractivity contribution in [3.05, 3.63) is 47.7 Å². The van der Waals surface area contributed by atoms with Gasteiger partial charge in [0.15, 0.2) is 15.7 Å². The molecule has 1 amide bonds. The zero-order valence-corrected chi connectivity index (χ0v) is 17.3. The maximum atomic E-state index is 12.6. The molecule has 8 heteroatoms. The van der Waals surface area contributed by atoms with Gasteiger partial charge in [0.2, 0.25) is 5.91 Å². The van der Waals surface area contributed by atoms with Gasteiger partial charge in [-0.1, -0.05) is 12.1 Å². The molecule has 0 saturated carbocycles. The van der Waals surface area contributed by atoms with Crippen LogP contribution in [0.25, 0.3) is 0 Å². The second-order valence-corrected chi connectivity index (χ2v) is 9.82. The molecule has 1 aromatic heterocycles. The Morgan fingerprint density at radius 3 is 2.18 bits per heavy atom. The number of rotatable bonds is 5. The van der Waals surface area contributed by atoms with Crippen molar-refractivity contribution in [2.75, 3.05) is 31.1 Å². The molecule has 28 heavy (non-hydrogen) atoms. The van der Waals surface area contributed by atoms with Gasteiger partial charge in [0.05, 0.1) is 22.3 Å². The average Bonchev–Trinajstić information content (AvgIpc) is 2.69. The molecule has 1 saturated heterocycles. The summed E-state index contributed by atoms with van der Waals surface area (Å²) in [6, 6.07) is 10.5. The van der Waals surface area contributed by atoms with Crippen LogP contribution in [-0.2, 0) is 21.1 Å². The molecule has 1 aliphatic rings. The molecule has 0 spiro atoms. The monoisotopic (exact) mass is 402 g/mol. The van der Waals surface area contributed by atoms with Gasteiger partial charge < -0.3 is 9.80 Å². The summed E-state index contributed by atoms with van der Waals surface area (Å²) in [4.78, 5) is 16.9. The number of aromatic nitrogens is 2. The molecule has 150 valence electrons. The molecule has 0 bridgehead atoms. The van der Waals surface area contributed by atoms with Crippen LogP contribution < -0.4 is 4.90 Å². The highest BCUT2D eigenvalue weighted by Gasteiger charge is 2.23. The fraction of sp³-hybridized carbons (Fsp3) is 0.450. The SMILES string of the molecule is Cc1ccc(N2CCN(C(=O)Cc3ccc(S(=O)(=O)C(C)C)cc3)CC2)nn1. The lowest BCUT2D eigenvalue weighted by atomic mass is 10.1. The maximum Gasteiger partial charge on any atom is 0.227 e. The van der Waals surface area contributed by atoms with Gasteiger partial charge in [0.1, 0.15) is 0 Å². The average molecular weight is 403 g/mol. The number of nitrogens with zero attached hydrogens (tertiary/aromatic N) is 4. The molecule has 0 atom stereocenters. The highest BCUT2D eigenvalue weighted by Crippen LogP contribution is 2.18. The van der Waals surface area contributed by atoms with Crippen LogP contribution in [0.2, 0.25) is 0 Å². The first-order valence-corrected chi connectivity index (χ1v) is 11.0. The molecule has 0 N–H and O–H groups in total. The Morgan fingerprint density at radius 2 is 1.64 bits per heavy atom. The van der Waals surface area contributed by atoms with Crippen LogP contribution in [0.1, 0.15) is 25.1 Å². The van der Waals surface area contributed by atoms with Crippen LogP contribution in [-0.4, -0.2) is 60.9 Å². The predicted molar refractivity (Wildman–Crippen MR) is 108 cm³/mol. The zero-order valence-electron chi connectivity index (χ0n) is 16.5. The Balaban J connectivity index is 1.56. The van der Waals surface area contributed by atoms with Crippen molar-refractivity contribution in [2.45, 2.75) is 37.3 Å². The lowest BCUT2D eigenvalue weighted by Gasteiger charge is -2.35. The summed E-state index contributed by atoms with van der Waals surface area (Å²) < 4.78 is 24.4. The van der Waals surface area contributed by atoms with Crippen LogP contribution in [0.15, 0.2) is 41.3 Å². The molecular formula is C20H26N4O3S. The van der Waals surface area contributed by atoms with Gasteiger partial charge in [-0.3, -0.25) is 4.79 Å². The number of piperazine rings is 1. The number of sulfone groups is 1. The summed E-state index contributed by atoms with van der Waals surface area (Å²) in [7, 11) is -3.29. The van der Waals surface area contributed by atoms with E-state index < -0.39 is 15.1 Å². The van der Waals surface area contributed by atoms with E-state index in [0.717, 1.165) is 30.2 Å². The Morgan fingerprint density at radius 1 is 1.00 bits per heavy atom. The number of hydrogen-bond donors (Lipinski definition) is 0. The quantitative estimate of drug-likeness (QED) is 0.759. The summed E-state index contributed by atoms with van der Waals surface area (Å²) in [6.07, 6.45) is 0.270. The Labute approximate surface area is 166 Å². The molecule has 2 aromatic rings. The van der Waals surface area contributed by atoms with Gasteiger partial charge >= 0.3 is 0 Å². The predicted octanol–water partition coefficient (Wildman–Crippen LogP) is 1.86. The van der Waals surface area contributed by atoms with E-state index >= 15 is 0 Å². The number of anilines is 1. The van der Waals surface area contributed by atoms with E-state index in [1.165, 1.54) is 0 Å². The van der Waals surface area contributed by atoms with Crippen LogP contribution in [0.3, 0.4) is 0 Å². The van der Waals surface area contributed by atoms with E-state index in [1.54, 1.807) is 38.1 Å². The highest BCUT2D eigenvalue weighted by molar-refractivity contribution is 7.92. The van der Waals surface area contributed by atoms with E-state index in [1.807, 2.05) is 24.0 Å². The Bertz CT molecular complexity index is 917. The molecule has 0 aliphatic carbocycles. The minimum Gasteiger partial charge on any atom is -0.352 e. The van der Waals surface area contributed by atoms with Crippen molar-refractivity contribution in [3.8, 4) is 0 Å². The van der Waals surface area contributed by atoms with E-state index in [-0.39, 0.29) is 12.3 Å². The fourth-order valence-corrected chi connectivity index (χ4v) is 4.16. The van der Waals surface area contributed by atoms with Gasteiger partial charge in [0.25, 0.3) is 0 Å². The summed E-state index contributed by atoms with van der Waals surface area (Å²) in [5.41, 5.74) is 1.70. The second-order valence-electron chi connectivity index (χ2n) is 7.32. The van der Waals surface area contributed by atoms with E-state index in [0.29, 0.717) is 18.0 Å². The highest BCUT2D eigenvalue weighted by atomic mass is 32.2. The van der Waals surface area contributed by atoms with Crippen LogP contribution in [0.4, 0.5) is 5.82 Å². The van der Waals surface area contributed by atoms with Gasteiger partial charge in [-0.05, 0) is 50.6 Å². The minimum absolute atomic E-state index is 0.0501. The lowest BCUT2D eigenvalue weighted by Crippen LogP contribution is -2.49. The summed E-state index contributed by atoms with van der Waals surface area (Å²) >= 11 is 0. The first kappa shape index (κ1) is 20.3. The van der Waals surface area contributed by atoms with Crippen molar-refractivity contribution in [3.63, 3.8) is 0 Å². The maximum absolute atomic E-state index is 12.6. The van der Waals surface area contributed by atoms with Gasteiger partial charge in [-0.2, -0.15) is 5.10 Å². The number of benzene rings is 1. The third-order valence-electron chi connectivity index (χ3n) is 4.97. The largest absolute Gasteiger partial charge is 0.352 e. The number of carbonyl (C=O) groups is 1. The summed E-state index contributed by atoms with van der Waals surface area (Å²) in [6.45, 7) is 7.92. The summed E-state index contributed by atoms with van der Waals surface area (Å²) in [5, 5.41) is 7.82. The smallest absolute Gasteiger partial charge is 0.227 e. The molecule has 0 radical (unpaired) electrons. The van der Waals surface area contributed by atoms with Crippen molar-refractivity contribution in [1.82, 2.24) is 15.1 Å². The van der Waals surface area contributed by atoms with Crippen LogP contribution in [0.5, 0.6) is 0 Å². The van der Waals surface area contributed by atoms with E-state index in [4.69, 9.17) is 0 Å². The topological polar surface area (TPSA) is 83.5 Å². The number of hydrogen-bond acceptors (Lipinski definition) is 6. The van der Waals surface area contributed by atoms with E-state index in [9.17, 15) is 13.2 Å². The summed E-state index contributed by atoms with van der Waals surface area (Å²) in [5.74, 6) is 0.883. The zero-order chi connectivity index (χ0) is 20.3. The lowest BCUT2D eigenvalue weighted by molar-refractivity contribution is -0.130. The first-order chi connectivity index (χ1) is 13.3. The third kappa shape index (κ3) is 4.49.